The summed E-state index contributed by atoms with van der Waals surface area (Å²) < 4.78 is 35.0. The lowest BCUT2D eigenvalue weighted by atomic mass is 10.1. The molecule has 0 fully saturated rings. The Morgan fingerprint density at radius 1 is 1.00 bits per heavy atom. The standard InChI is InChI=1S/C10H15F3/c1-2-3-4-5-6-7-8-9-10(11,12)13/h4-9H2,1H3. The minimum Gasteiger partial charge on any atom is -0.171 e. The number of hydrogen-bond acceptors (Lipinski definition) is 0. The predicted molar refractivity (Wildman–Crippen MR) is 47.2 cm³/mol. The lowest BCUT2D eigenvalue weighted by molar-refractivity contribution is -0.135. The van der Waals surface area contributed by atoms with Crippen LogP contribution in [0.5, 0.6) is 0 Å². The highest BCUT2D eigenvalue weighted by molar-refractivity contribution is 4.94. The summed E-state index contributed by atoms with van der Waals surface area (Å²) in [4.78, 5) is 0. The minimum absolute atomic E-state index is 0.253. The molecule has 0 aromatic rings. The molecule has 0 nitrogen and oxygen atoms in total. The topological polar surface area (TPSA) is 0 Å². The van der Waals surface area contributed by atoms with Crippen molar-refractivity contribution < 1.29 is 13.2 Å². The predicted octanol–water partition coefficient (Wildman–Crippen LogP) is 3.91. The van der Waals surface area contributed by atoms with E-state index in [0.29, 0.717) is 6.42 Å². The molecule has 0 spiro atoms. The third-order valence-electron chi connectivity index (χ3n) is 1.69. The van der Waals surface area contributed by atoms with Crippen LogP contribution in [-0.2, 0) is 0 Å². The van der Waals surface area contributed by atoms with E-state index in [1.54, 1.807) is 6.92 Å². The number of halogens is 3. The molecule has 0 aliphatic rings. The molecule has 0 saturated heterocycles. The molecule has 0 N–H and O–H groups in total. The van der Waals surface area contributed by atoms with Crippen molar-refractivity contribution in [1.82, 2.24) is 0 Å². The highest BCUT2D eigenvalue weighted by atomic mass is 19.4. The van der Waals surface area contributed by atoms with E-state index in [0.717, 1.165) is 19.3 Å². The molecule has 0 unspecified atom stereocenters. The van der Waals surface area contributed by atoms with Crippen LogP contribution in [0.1, 0.15) is 45.4 Å². The highest BCUT2D eigenvalue weighted by Crippen LogP contribution is 2.22. The van der Waals surface area contributed by atoms with Gasteiger partial charge >= 0.3 is 6.18 Å². The Hall–Kier alpha value is -0.650. The van der Waals surface area contributed by atoms with Crippen LogP contribution in [0, 0.1) is 11.8 Å². The maximum atomic E-state index is 11.7. The fourth-order valence-electron chi connectivity index (χ4n) is 1.02. The molecule has 0 aliphatic heterocycles. The summed E-state index contributed by atoms with van der Waals surface area (Å²) in [6, 6.07) is 0. The zero-order valence-electron chi connectivity index (χ0n) is 7.88. The van der Waals surface area contributed by atoms with Gasteiger partial charge in [0, 0.05) is 12.8 Å². The molecule has 0 amide bonds. The van der Waals surface area contributed by atoms with Crippen LogP contribution < -0.4 is 0 Å². The van der Waals surface area contributed by atoms with Gasteiger partial charge in [0.15, 0.2) is 0 Å². The van der Waals surface area contributed by atoms with Crippen LogP contribution >= 0.6 is 0 Å². The minimum atomic E-state index is -3.98. The van der Waals surface area contributed by atoms with Crippen LogP contribution in [0.2, 0.25) is 0 Å². The van der Waals surface area contributed by atoms with E-state index in [4.69, 9.17) is 0 Å². The summed E-state index contributed by atoms with van der Waals surface area (Å²) in [5.74, 6) is 5.64. The molecule has 0 aromatic heterocycles. The number of unbranched alkanes of at least 4 members (excludes halogenated alkanes) is 4. The molecule has 0 aliphatic carbocycles. The third kappa shape index (κ3) is 11.3. The Kier molecular flexibility index (Phi) is 6.48. The molecule has 0 rings (SSSR count). The van der Waals surface area contributed by atoms with Crippen LogP contribution in [0.15, 0.2) is 0 Å². The maximum absolute atomic E-state index is 11.7. The van der Waals surface area contributed by atoms with Gasteiger partial charge in [-0.25, -0.2) is 0 Å². The van der Waals surface area contributed by atoms with Gasteiger partial charge in [-0.2, -0.15) is 13.2 Å². The van der Waals surface area contributed by atoms with Gasteiger partial charge in [-0.05, 0) is 19.8 Å². The quantitative estimate of drug-likeness (QED) is 0.457. The van der Waals surface area contributed by atoms with Gasteiger partial charge < -0.3 is 0 Å². The van der Waals surface area contributed by atoms with E-state index in [2.05, 4.69) is 11.8 Å². The Morgan fingerprint density at radius 2 is 1.62 bits per heavy atom. The van der Waals surface area contributed by atoms with E-state index in [1.165, 1.54) is 0 Å². The van der Waals surface area contributed by atoms with Gasteiger partial charge in [-0.1, -0.05) is 12.8 Å². The third-order valence-corrected chi connectivity index (χ3v) is 1.69. The number of alkyl halides is 3. The first-order valence-corrected chi connectivity index (χ1v) is 4.52. The molecule has 0 atom stereocenters. The second-order valence-corrected chi connectivity index (χ2v) is 2.96. The van der Waals surface area contributed by atoms with Crippen molar-refractivity contribution in [1.29, 1.82) is 0 Å². The van der Waals surface area contributed by atoms with E-state index in [-0.39, 0.29) is 6.42 Å². The molecular formula is C10H15F3. The van der Waals surface area contributed by atoms with Crippen LogP contribution in [0.4, 0.5) is 13.2 Å². The van der Waals surface area contributed by atoms with E-state index < -0.39 is 12.6 Å². The molecule has 0 saturated carbocycles. The Bertz CT molecular complexity index is 171. The zero-order chi connectivity index (χ0) is 10.2. The fourth-order valence-corrected chi connectivity index (χ4v) is 1.02. The van der Waals surface area contributed by atoms with E-state index >= 15 is 0 Å². The van der Waals surface area contributed by atoms with Gasteiger partial charge in [0.2, 0.25) is 0 Å². The SMILES string of the molecule is CC#CCCCCCCC(F)(F)F. The van der Waals surface area contributed by atoms with Crippen LogP contribution in [-0.4, -0.2) is 6.18 Å². The molecule has 0 heterocycles. The summed E-state index contributed by atoms with van der Waals surface area (Å²) in [5.41, 5.74) is 0. The number of hydrogen-bond donors (Lipinski definition) is 0. The Balaban J connectivity index is 3.12. The number of rotatable bonds is 5. The summed E-state index contributed by atoms with van der Waals surface area (Å²) in [5, 5.41) is 0. The lowest BCUT2D eigenvalue weighted by Gasteiger charge is -2.04. The van der Waals surface area contributed by atoms with Gasteiger partial charge in [-0.3, -0.25) is 0 Å². The summed E-state index contributed by atoms with van der Waals surface area (Å²) in [7, 11) is 0. The van der Waals surface area contributed by atoms with Crippen molar-refractivity contribution in [2.45, 2.75) is 51.6 Å². The Labute approximate surface area is 77.5 Å². The van der Waals surface area contributed by atoms with Crippen molar-refractivity contribution in [2.75, 3.05) is 0 Å². The largest absolute Gasteiger partial charge is 0.389 e. The summed E-state index contributed by atoms with van der Waals surface area (Å²) in [6.45, 7) is 1.77. The smallest absolute Gasteiger partial charge is 0.171 e. The molecule has 13 heavy (non-hydrogen) atoms. The highest BCUT2D eigenvalue weighted by Gasteiger charge is 2.25. The van der Waals surface area contributed by atoms with Gasteiger partial charge in [0.25, 0.3) is 0 Å². The molecule has 0 bridgehead atoms. The second-order valence-electron chi connectivity index (χ2n) is 2.96. The second kappa shape index (κ2) is 6.82. The van der Waals surface area contributed by atoms with Crippen molar-refractivity contribution in [3.05, 3.63) is 0 Å². The monoisotopic (exact) mass is 192 g/mol. The molecule has 3 heteroatoms. The van der Waals surface area contributed by atoms with Crippen LogP contribution in [0.3, 0.4) is 0 Å². The van der Waals surface area contributed by atoms with Crippen molar-refractivity contribution >= 4 is 0 Å². The Morgan fingerprint density at radius 3 is 2.15 bits per heavy atom. The molecular weight excluding hydrogens is 177 g/mol. The van der Waals surface area contributed by atoms with Crippen molar-refractivity contribution in [2.24, 2.45) is 0 Å². The van der Waals surface area contributed by atoms with Crippen molar-refractivity contribution in [3.63, 3.8) is 0 Å². The zero-order valence-corrected chi connectivity index (χ0v) is 7.88. The van der Waals surface area contributed by atoms with Gasteiger partial charge in [-0.15, -0.1) is 11.8 Å². The first-order chi connectivity index (χ1) is 6.06. The first kappa shape index (κ1) is 12.3. The normalized spacial score (nSPS) is 10.8. The molecule has 76 valence electrons. The molecule has 0 radical (unpaired) electrons. The fraction of sp³-hybridized carbons (Fsp3) is 0.800. The van der Waals surface area contributed by atoms with Gasteiger partial charge in [0.05, 0.1) is 0 Å². The maximum Gasteiger partial charge on any atom is 0.389 e. The van der Waals surface area contributed by atoms with Crippen molar-refractivity contribution in [3.8, 4) is 11.8 Å². The lowest BCUT2D eigenvalue weighted by Crippen LogP contribution is -2.06. The molecule has 0 aromatic carbocycles. The summed E-state index contributed by atoms with van der Waals surface area (Å²) in [6.07, 6.45) is -1.14. The van der Waals surface area contributed by atoms with Gasteiger partial charge in [0.1, 0.15) is 0 Å². The van der Waals surface area contributed by atoms with Crippen LogP contribution in [0.25, 0.3) is 0 Å². The average molecular weight is 192 g/mol. The summed E-state index contributed by atoms with van der Waals surface area (Å²) >= 11 is 0. The first-order valence-electron chi connectivity index (χ1n) is 4.52. The average Bonchev–Trinajstić information content (AvgIpc) is 2.01. The van der Waals surface area contributed by atoms with E-state index in [9.17, 15) is 13.2 Å². The van der Waals surface area contributed by atoms with E-state index in [1.807, 2.05) is 0 Å².